The van der Waals surface area contributed by atoms with Crippen LogP contribution in [0.15, 0.2) is 66.4 Å². The number of methoxy groups -OCH3 is 1. The molecule has 0 saturated carbocycles. The molecule has 47 heavy (non-hydrogen) atoms. The number of nitrogens with zero attached hydrogens (tertiary/aromatic N) is 4. The van der Waals surface area contributed by atoms with Gasteiger partial charge in [-0.3, -0.25) is 0 Å². The number of nitrogens with one attached hydrogen (secondary N) is 3. The Morgan fingerprint density at radius 1 is 1.09 bits per heavy atom. The molecule has 1 saturated heterocycles. The normalized spacial score (nSPS) is 13.1. The van der Waals surface area contributed by atoms with Crippen LogP contribution in [0.4, 0.5) is 27.7 Å². The van der Waals surface area contributed by atoms with Gasteiger partial charge in [0.15, 0.2) is 0 Å². The van der Waals surface area contributed by atoms with Gasteiger partial charge in [0.25, 0.3) is 0 Å². The highest BCUT2D eigenvalue weighted by atomic mass is 32.1. The van der Waals surface area contributed by atoms with Crippen molar-refractivity contribution in [1.82, 2.24) is 19.9 Å². The molecule has 1 aliphatic rings. The summed E-state index contributed by atoms with van der Waals surface area (Å²) < 4.78 is 19.1. The van der Waals surface area contributed by atoms with Gasteiger partial charge < -0.3 is 39.6 Å². The van der Waals surface area contributed by atoms with Gasteiger partial charge in [-0.15, -0.1) is 11.3 Å². The first-order valence-electron chi connectivity index (χ1n) is 15.3. The van der Waals surface area contributed by atoms with Gasteiger partial charge in [-0.05, 0) is 37.4 Å². The van der Waals surface area contributed by atoms with E-state index in [0.717, 1.165) is 21.5 Å². The zero-order chi connectivity index (χ0) is 32.9. The van der Waals surface area contributed by atoms with E-state index in [0.29, 0.717) is 67.0 Å². The summed E-state index contributed by atoms with van der Waals surface area (Å²) >= 11 is 1.58. The van der Waals surface area contributed by atoms with Crippen molar-refractivity contribution in [1.29, 1.82) is 0 Å². The predicted molar refractivity (Wildman–Crippen MR) is 184 cm³/mol. The van der Waals surface area contributed by atoms with Crippen LogP contribution in [0.1, 0.15) is 29.1 Å². The molecule has 0 bridgehead atoms. The fourth-order valence-electron chi connectivity index (χ4n) is 5.61. The number of hydrogen-bond acceptors (Lipinski definition) is 10. The first-order chi connectivity index (χ1) is 22.8. The molecule has 0 aliphatic carbocycles. The van der Waals surface area contributed by atoms with E-state index in [2.05, 4.69) is 30.8 Å². The minimum absolute atomic E-state index is 0.250. The summed E-state index contributed by atoms with van der Waals surface area (Å²) in [6.45, 7) is 6.49. The van der Waals surface area contributed by atoms with E-state index < -0.39 is 5.97 Å². The smallest absolute Gasteiger partial charge is 0.342 e. The van der Waals surface area contributed by atoms with Crippen molar-refractivity contribution in [3.63, 3.8) is 0 Å². The fraction of sp³-hybridized carbons (Fsp3) is 0.294. The largest absolute Gasteiger partial charge is 0.494 e. The molecule has 244 valence electrons. The molecule has 0 spiro atoms. The lowest BCUT2D eigenvalue weighted by Gasteiger charge is -2.31. The second-order valence-electron chi connectivity index (χ2n) is 11.2. The molecule has 5 aromatic rings. The number of rotatable bonds is 10. The van der Waals surface area contributed by atoms with Gasteiger partial charge in [0.05, 0.1) is 66.8 Å². The van der Waals surface area contributed by atoms with Crippen LogP contribution in [0, 0.1) is 0 Å². The standard InChI is InChI=1S/C34H37N7O5S/c1-21(2)46-33(42)24-19-35-20-37-31(24)30-23-9-5-6-10-27(23)40(3)32(30)38-26-16-25(39-34(43)36-18-22-8-7-15-47-22)28(17-29(26)44-4)41-11-13-45-14-12-41/h5-10,15-17,19-21,38H,11-14,18H2,1-4H3,(H2,36,39,43). The third-order valence-corrected chi connectivity index (χ3v) is 8.67. The molecule has 2 aromatic carbocycles. The molecule has 1 fully saturated rings. The molecule has 6 rings (SSSR count). The number of hydrogen-bond donors (Lipinski definition) is 3. The zero-order valence-corrected chi connectivity index (χ0v) is 27.5. The van der Waals surface area contributed by atoms with Crippen LogP contribution in [0.25, 0.3) is 22.2 Å². The molecule has 13 heteroatoms. The number of anilines is 4. The first kappa shape index (κ1) is 31.8. The number of amides is 2. The Morgan fingerprint density at radius 2 is 1.89 bits per heavy atom. The predicted octanol–water partition coefficient (Wildman–Crippen LogP) is 6.17. The quantitative estimate of drug-likeness (QED) is 0.151. The fourth-order valence-corrected chi connectivity index (χ4v) is 6.26. The molecule has 3 N–H and O–H groups in total. The number of aryl methyl sites for hydroxylation is 1. The highest BCUT2D eigenvalue weighted by molar-refractivity contribution is 7.09. The summed E-state index contributed by atoms with van der Waals surface area (Å²) in [7, 11) is 3.55. The maximum absolute atomic E-state index is 13.2. The number of benzene rings is 2. The number of ether oxygens (including phenoxy) is 3. The number of morpholine rings is 1. The van der Waals surface area contributed by atoms with E-state index in [-0.39, 0.29) is 17.7 Å². The Morgan fingerprint density at radius 3 is 2.64 bits per heavy atom. The van der Waals surface area contributed by atoms with Gasteiger partial charge in [-0.1, -0.05) is 24.3 Å². The Balaban J connectivity index is 1.44. The second kappa shape index (κ2) is 14.1. The van der Waals surface area contributed by atoms with Gasteiger partial charge in [-0.2, -0.15) is 0 Å². The van der Waals surface area contributed by atoms with Crippen LogP contribution in [-0.4, -0.2) is 66.1 Å². The van der Waals surface area contributed by atoms with Gasteiger partial charge in [-0.25, -0.2) is 19.6 Å². The molecule has 3 aromatic heterocycles. The maximum atomic E-state index is 13.2. The minimum atomic E-state index is -0.512. The Kier molecular flexibility index (Phi) is 9.55. The summed E-state index contributed by atoms with van der Waals surface area (Å²) in [4.78, 5) is 38.3. The third kappa shape index (κ3) is 6.86. The molecule has 0 unspecified atom stereocenters. The van der Waals surface area contributed by atoms with Crippen molar-refractivity contribution >= 4 is 57.1 Å². The average molecular weight is 656 g/mol. The van der Waals surface area contributed by atoms with Gasteiger partial charge in [0.2, 0.25) is 0 Å². The monoisotopic (exact) mass is 655 g/mol. The molecular weight excluding hydrogens is 618 g/mol. The van der Waals surface area contributed by atoms with E-state index in [1.807, 2.05) is 65.5 Å². The molecule has 0 atom stereocenters. The van der Waals surface area contributed by atoms with Crippen molar-refractivity contribution in [2.24, 2.45) is 7.05 Å². The molecule has 2 amide bonds. The lowest BCUT2D eigenvalue weighted by Crippen LogP contribution is -2.37. The first-order valence-corrected chi connectivity index (χ1v) is 16.2. The van der Waals surface area contributed by atoms with Crippen molar-refractivity contribution < 1.29 is 23.8 Å². The van der Waals surface area contributed by atoms with E-state index in [4.69, 9.17) is 14.2 Å². The lowest BCUT2D eigenvalue weighted by molar-refractivity contribution is 0.0378. The number of thiophene rings is 1. The number of aromatic nitrogens is 3. The number of fused-ring (bicyclic) bond motifs is 1. The molecule has 0 radical (unpaired) electrons. The van der Waals surface area contributed by atoms with Gasteiger partial charge in [0.1, 0.15) is 23.5 Å². The van der Waals surface area contributed by atoms with Gasteiger partial charge >= 0.3 is 12.0 Å². The summed E-state index contributed by atoms with van der Waals surface area (Å²) in [5, 5.41) is 12.4. The van der Waals surface area contributed by atoms with E-state index in [1.54, 1.807) is 32.3 Å². The number of urea groups is 1. The van der Waals surface area contributed by atoms with Crippen LogP contribution in [0.5, 0.6) is 5.75 Å². The Bertz CT molecular complexity index is 1880. The third-order valence-electron chi connectivity index (χ3n) is 7.79. The molecule has 1 aliphatic heterocycles. The minimum Gasteiger partial charge on any atom is -0.494 e. The number of carbonyl (C=O) groups excluding carboxylic acids is 2. The van der Waals surface area contributed by atoms with E-state index >= 15 is 0 Å². The van der Waals surface area contributed by atoms with Crippen LogP contribution >= 0.6 is 11.3 Å². The summed E-state index contributed by atoms with van der Waals surface area (Å²) in [5.74, 6) is 0.713. The van der Waals surface area contributed by atoms with Crippen molar-refractivity contribution in [2.75, 3.05) is 48.9 Å². The second-order valence-corrected chi connectivity index (χ2v) is 12.3. The SMILES string of the molecule is COc1cc(N2CCOCC2)c(NC(=O)NCc2cccs2)cc1Nc1c(-c2ncncc2C(=O)OC(C)C)c2ccccc2n1C. The topological polar surface area (TPSA) is 132 Å². The van der Waals surface area contributed by atoms with Crippen molar-refractivity contribution in [3.05, 3.63) is 76.9 Å². The highest BCUT2D eigenvalue weighted by Gasteiger charge is 2.26. The van der Waals surface area contributed by atoms with Crippen molar-refractivity contribution in [2.45, 2.75) is 26.5 Å². The van der Waals surface area contributed by atoms with Crippen LogP contribution in [0.2, 0.25) is 0 Å². The summed E-state index contributed by atoms with van der Waals surface area (Å²) in [5.41, 5.74) is 4.31. The Hall–Kier alpha value is -5.14. The molecule has 4 heterocycles. The lowest BCUT2D eigenvalue weighted by atomic mass is 10.0. The van der Waals surface area contributed by atoms with E-state index in [1.165, 1.54) is 12.5 Å². The van der Waals surface area contributed by atoms with Gasteiger partial charge in [0, 0.05) is 42.7 Å². The number of esters is 1. The van der Waals surface area contributed by atoms with Crippen LogP contribution in [-0.2, 0) is 23.1 Å². The average Bonchev–Trinajstić information content (AvgIpc) is 3.70. The molecular formula is C34H37N7O5S. The highest BCUT2D eigenvalue weighted by Crippen LogP contribution is 2.44. The van der Waals surface area contributed by atoms with E-state index in [9.17, 15) is 9.59 Å². The molecule has 12 nitrogen and oxygen atoms in total. The van der Waals surface area contributed by atoms with Crippen LogP contribution < -0.4 is 25.6 Å². The zero-order valence-electron chi connectivity index (χ0n) is 26.7. The Labute approximate surface area is 276 Å². The maximum Gasteiger partial charge on any atom is 0.342 e. The summed E-state index contributed by atoms with van der Waals surface area (Å²) in [6, 6.07) is 15.3. The number of para-hydroxylation sites is 1. The summed E-state index contributed by atoms with van der Waals surface area (Å²) in [6.07, 6.45) is 2.58. The number of carbonyl (C=O) groups is 2. The van der Waals surface area contributed by atoms with Crippen LogP contribution in [0.3, 0.4) is 0 Å². The van der Waals surface area contributed by atoms with Crippen molar-refractivity contribution in [3.8, 4) is 17.0 Å².